The smallest absolute Gasteiger partial charge is 0.0633 e. The lowest BCUT2D eigenvalue weighted by atomic mass is 9.78. The van der Waals surface area contributed by atoms with Crippen molar-refractivity contribution in [3.05, 3.63) is 24.3 Å². The van der Waals surface area contributed by atoms with E-state index in [9.17, 15) is 0 Å². The van der Waals surface area contributed by atoms with Crippen molar-refractivity contribution in [1.29, 1.82) is 0 Å². The van der Waals surface area contributed by atoms with Crippen LogP contribution < -0.4 is 5.73 Å². The van der Waals surface area contributed by atoms with Crippen LogP contribution in [0.25, 0.3) is 0 Å². The van der Waals surface area contributed by atoms with Gasteiger partial charge in [-0.05, 0) is 25.2 Å². The molecule has 0 amide bonds. The Balaban J connectivity index is 2.16. The molecule has 0 radical (unpaired) electrons. The van der Waals surface area contributed by atoms with E-state index < -0.39 is 0 Å². The molecule has 0 aromatic carbocycles. The van der Waals surface area contributed by atoms with Crippen molar-refractivity contribution in [1.82, 2.24) is 9.97 Å². The molecular weight excluding hydrogens is 174 g/mol. The van der Waals surface area contributed by atoms with Gasteiger partial charge in [0.15, 0.2) is 0 Å². The van der Waals surface area contributed by atoms with E-state index in [0.717, 1.165) is 24.5 Å². The van der Waals surface area contributed by atoms with Crippen LogP contribution in [0.2, 0.25) is 0 Å². The predicted octanol–water partition coefficient (Wildman–Crippen LogP) is 1.71. The molecule has 0 spiro atoms. The molecule has 3 nitrogen and oxygen atoms in total. The molecule has 1 saturated carbocycles. The molecule has 2 rings (SSSR count). The summed E-state index contributed by atoms with van der Waals surface area (Å²) in [6.45, 7) is 2.29. The zero-order valence-electron chi connectivity index (χ0n) is 8.56. The lowest BCUT2D eigenvalue weighted by Crippen LogP contribution is -2.34. The van der Waals surface area contributed by atoms with E-state index >= 15 is 0 Å². The molecular formula is C11H17N3. The maximum atomic E-state index is 6.11. The lowest BCUT2D eigenvalue weighted by molar-refractivity contribution is 0.302. The van der Waals surface area contributed by atoms with Gasteiger partial charge in [-0.15, -0.1) is 0 Å². The highest BCUT2D eigenvalue weighted by molar-refractivity contribution is 5.08. The molecule has 1 heterocycles. The fourth-order valence-electron chi connectivity index (χ4n) is 2.25. The summed E-state index contributed by atoms with van der Waals surface area (Å²) in [6.07, 6.45) is 8.82. The zero-order valence-corrected chi connectivity index (χ0v) is 8.56. The van der Waals surface area contributed by atoms with Crippen molar-refractivity contribution in [2.75, 3.05) is 0 Å². The van der Waals surface area contributed by atoms with Gasteiger partial charge in [0.05, 0.1) is 5.69 Å². The highest BCUT2D eigenvalue weighted by Gasteiger charge is 2.28. The minimum atomic E-state index is 0.267. The quantitative estimate of drug-likeness (QED) is 0.735. The number of rotatable bonds is 1. The highest BCUT2D eigenvalue weighted by atomic mass is 14.8. The normalized spacial score (nSPS) is 32.9. The van der Waals surface area contributed by atoms with Gasteiger partial charge >= 0.3 is 0 Å². The summed E-state index contributed by atoms with van der Waals surface area (Å²) in [7, 11) is 0. The van der Waals surface area contributed by atoms with Crippen LogP contribution >= 0.6 is 0 Å². The maximum absolute atomic E-state index is 6.11. The van der Waals surface area contributed by atoms with Gasteiger partial charge in [-0.3, -0.25) is 9.97 Å². The molecule has 0 aliphatic heterocycles. The number of nitrogens with two attached hydrogens (primary N) is 1. The minimum absolute atomic E-state index is 0.267. The summed E-state index contributed by atoms with van der Waals surface area (Å²) in [5, 5.41) is 0. The molecule has 3 atom stereocenters. The molecule has 1 aromatic heterocycles. The Morgan fingerprint density at radius 1 is 1.36 bits per heavy atom. The van der Waals surface area contributed by atoms with Crippen molar-refractivity contribution < 1.29 is 0 Å². The Labute approximate surface area is 84.8 Å². The predicted molar refractivity (Wildman–Crippen MR) is 55.8 cm³/mol. The van der Waals surface area contributed by atoms with Gasteiger partial charge in [-0.25, -0.2) is 0 Å². The summed E-state index contributed by atoms with van der Waals surface area (Å²) < 4.78 is 0. The van der Waals surface area contributed by atoms with E-state index in [1.54, 1.807) is 12.4 Å². The minimum Gasteiger partial charge on any atom is -0.327 e. The molecule has 76 valence electrons. The van der Waals surface area contributed by atoms with Gasteiger partial charge in [-0.2, -0.15) is 0 Å². The van der Waals surface area contributed by atoms with Gasteiger partial charge in [0.2, 0.25) is 0 Å². The number of hydrogen-bond acceptors (Lipinski definition) is 3. The molecule has 0 bridgehead atoms. The van der Waals surface area contributed by atoms with Gasteiger partial charge in [0.25, 0.3) is 0 Å². The van der Waals surface area contributed by atoms with Crippen LogP contribution in [0.5, 0.6) is 0 Å². The first kappa shape index (κ1) is 9.59. The van der Waals surface area contributed by atoms with Crippen LogP contribution in [0, 0.1) is 5.92 Å². The maximum Gasteiger partial charge on any atom is 0.0633 e. The van der Waals surface area contributed by atoms with Crippen LogP contribution in [-0.2, 0) is 0 Å². The molecule has 3 heteroatoms. The first-order valence-electron chi connectivity index (χ1n) is 5.29. The molecule has 2 N–H and O–H groups in total. The second-order valence-electron chi connectivity index (χ2n) is 4.32. The van der Waals surface area contributed by atoms with Gasteiger partial charge in [0, 0.05) is 30.6 Å². The van der Waals surface area contributed by atoms with E-state index in [0.29, 0.717) is 5.92 Å². The van der Waals surface area contributed by atoms with Crippen molar-refractivity contribution in [3.63, 3.8) is 0 Å². The highest BCUT2D eigenvalue weighted by Crippen LogP contribution is 2.33. The van der Waals surface area contributed by atoms with E-state index in [-0.39, 0.29) is 6.04 Å². The van der Waals surface area contributed by atoms with Crippen LogP contribution in [0.4, 0.5) is 0 Å². The van der Waals surface area contributed by atoms with Crippen LogP contribution in [0.1, 0.15) is 37.8 Å². The van der Waals surface area contributed by atoms with Crippen LogP contribution in [0.3, 0.4) is 0 Å². The third-order valence-corrected chi connectivity index (χ3v) is 3.13. The average Bonchev–Trinajstić information content (AvgIpc) is 2.23. The Bertz CT molecular complexity index is 286. The standard InChI is InChI=1S/C11H17N3/c1-8-2-3-10(12)9(6-8)11-7-13-4-5-14-11/h4-5,7-10H,2-3,6,12H2,1H3. The summed E-state index contributed by atoms with van der Waals surface area (Å²) in [5.74, 6) is 1.18. The van der Waals surface area contributed by atoms with E-state index in [1.165, 1.54) is 6.42 Å². The summed E-state index contributed by atoms with van der Waals surface area (Å²) in [4.78, 5) is 8.45. The molecule has 1 fully saturated rings. The molecule has 1 aliphatic rings. The topological polar surface area (TPSA) is 51.8 Å². The third-order valence-electron chi connectivity index (χ3n) is 3.13. The Morgan fingerprint density at radius 2 is 2.21 bits per heavy atom. The fourth-order valence-corrected chi connectivity index (χ4v) is 2.25. The molecule has 14 heavy (non-hydrogen) atoms. The number of nitrogens with zero attached hydrogens (tertiary/aromatic N) is 2. The average molecular weight is 191 g/mol. The van der Waals surface area contributed by atoms with E-state index in [1.807, 2.05) is 6.20 Å². The molecule has 3 unspecified atom stereocenters. The monoisotopic (exact) mass is 191 g/mol. The SMILES string of the molecule is CC1CCC(N)C(c2cnccn2)C1. The zero-order chi connectivity index (χ0) is 9.97. The first-order valence-corrected chi connectivity index (χ1v) is 5.29. The van der Waals surface area contributed by atoms with Gasteiger partial charge in [-0.1, -0.05) is 6.92 Å². The Hall–Kier alpha value is -0.960. The van der Waals surface area contributed by atoms with E-state index in [2.05, 4.69) is 16.9 Å². The second-order valence-corrected chi connectivity index (χ2v) is 4.32. The fraction of sp³-hybridized carbons (Fsp3) is 0.636. The van der Waals surface area contributed by atoms with Gasteiger partial charge < -0.3 is 5.73 Å². The lowest BCUT2D eigenvalue weighted by Gasteiger charge is -2.31. The molecule has 1 aliphatic carbocycles. The van der Waals surface area contributed by atoms with Gasteiger partial charge in [0.1, 0.15) is 0 Å². The summed E-state index contributed by atoms with van der Waals surface area (Å²) >= 11 is 0. The number of aromatic nitrogens is 2. The third kappa shape index (κ3) is 1.93. The summed E-state index contributed by atoms with van der Waals surface area (Å²) in [5.41, 5.74) is 7.17. The Morgan fingerprint density at radius 3 is 2.93 bits per heavy atom. The van der Waals surface area contributed by atoms with Crippen LogP contribution in [-0.4, -0.2) is 16.0 Å². The van der Waals surface area contributed by atoms with Crippen LogP contribution in [0.15, 0.2) is 18.6 Å². The van der Waals surface area contributed by atoms with Crippen molar-refractivity contribution in [3.8, 4) is 0 Å². The van der Waals surface area contributed by atoms with Crippen molar-refractivity contribution >= 4 is 0 Å². The molecule has 0 saturated heterocycles. The summed E-state index contributed by atoms with van der Waals surface area (Å²) in [6, 6.07) is 0.267. The Kier molecular flexibility index (Phi) is 2.77. The van der Waals surface area contributed by atoms with Crippen molar-refractivity contribution in [2.24, 2.45) is 11.7 Å². The number of hydrogen-bond donors (Lipinski definition) is 1. The van der Waals surface area contributed by atoms with Crippen molar-refractivity contribution in [2.45, 2.75) is 38.1 Å². The first-order chi connectivity index (χ1) is 6.77. The molecule has 1 aromatic rings. The second kappa shape index (κ2) is 4.05. The largest absolute Gasteiger partial charge is 0.327 e. The van der Waals surface area contributed by atoms with E-state index in [4.69, 9.17) is 5.73 Å².